The Morgan fingerprint density at radius 3 is 2.93 bits per heavy atom. The molecule has 0 bridgehead atoms. The first-order valence-corrected chi connectivity index (χ1v) is 5.22. The maximum Gasteiger partial charge on any atom is 0.0890 e. The molecule has 0 saturated carbocycles. The van der Waals surface area contributed by atoms with Gasteiger partial charge in [-0.25, -0.2) is 0 Å². The van der Waals surface area contributed by atoms with Gasteiger partial charge in [-0.1, -0.05) is 35.4 Å². The fraction of sp³-hybridized carbons (Fsp3) is 0.455. The largest absolute Gasteiger partial charge is 0.291 e. The van der Waals surface area contributed by atoms with Crippen molar-refractivity contribution in [1.29, 1.82) is 0 Å². The molecule has 1 saturated heterocycles. The molecule has 0 unspecified atom stereocenters. The molecule has 1 aromatic rings. The molecule has 1 aromatic carbocycles. The molecule has 1 aliphatic heterocycles. The fourth-order valence-electron chi connectivity index (χ4n) is 2.00. The van der Waals surface area contributed by atoms with Crippen LogP contribution in [0.5, 0.6) is 0 Å². The van der Waals surface area contributed by atoms with Crippen molar-refractivity contribution >= 4 is 0 Å². The number of hydrogen-bond donors (Lipinski definition) is 0. The number of benzene rings is 1. The van der Waals surface area contributed by atoms with Crippen LogP contribution in [0.15, 0.2) is 35.4 Å². The standard InChI is InChI=1S/C11H14N4/c12-14-13-11-7-4-8-15(11)9-10-5-2-1-3-6-10/h1-3,5-6,11H,4,7-9H2/t11-/m1/s1. The number of nitrogens with zero attached hydrogens (tertiary/aromatic N) is 4. The zero-order valence-corrected chi connectivity index (χ0v) is 8.58. The van der Waals surface area contributed by atoms with E-state index in [-0.39, 0.29) is 6.17 Å². The van der Waals surface area contributed by atoms with E-state index in [0.29, 0.717) is 0 Å². The van der Waals surface area contributed by atoms with Gasteiger partial charge in [0, 0.05) is 11.5 Å². The first-order chi connectivity index (χ1) is 7.40. The second-order valence-electron chi connectivity index (χ2n) is 3.78. The Hall–Kier alpha value is -1.51. The maximum atomic E-state index is 8.44. The predicted octanol–water partition coefficient (Wildman–Crippen LogP) is 2.92. The van der Waals surface area contributed by atoms with E-state index in [0.717, 1.165) is 25.9 Å². The number of rotatable bonds is 3. The lowest BCUT2D eigenvalue weighted by Gasteiger charge is -2.20. The van der Waals surface area contributed by atoms with Crippen molar-refractivity contribution in [3.05, 3.63) is 46.3 Å². The Kier molecular flexibility index (Phi) is 3.22. The first kappa shape index (κ1) is 10.0. The van der Waals surface area contributed by atoms with Crippen LogP contribution >= 0.6 is 0 Å². The maximum absolute atomic E-state index is 8.44. The molecule has 1 aliphatic rings. The summed E-state index contributed by atoms with van der Waals surface area (Å²) in [5.74, 6) is 0. The van der Waals surface area contributed by atoms with Gasteiger partial charge in [0.1, 0.15) is 0 Å². The van der Waals surface area contributed by atoms with Gasteiger partial charge in [0.15, 0.2) is 0 Å². The van der Waals surface area contributed by atoms with E-state index in [9.17, 15) is 0 Å². The van der Waals surface area contributed by atoms with Gasteiger partial charge in [-0.2, -0.15) is 0 Å². The highest BCUT2D eigenvalue weighted by Crippen LogP contribution is 2.20. The molecular formula is C11H14N4. The highest BCUT2D eigenvalue weighted by atomic mass is 15.3. The van der Waals surface area contributed by atoms with Gasteiger partial charge < -0.3 is 0 Å². The highest BCUT2D eigenvalue weighted by Gasteiger charge is 2.22. The fourth-order valence-corrected chi connectivity index (χ4v) is 2.00. The third-order valence-corrected chi connectivity index (χ3v) is 2.74. The zero-order chi connectivity index (χ0) is 10.5. The summed E-state index contributed by atoms with van der Waals surface area (Å²) < 4.78 is 0. The number of hydrogen-bond acceptors (Lipinski definition) is 2. The van der Waals surface area contributed by atoms with Crippen LogP contribution in [-0.4, -0.2) is 17.6 Å². The van der Waals surface area contributed by atoms with Gasteiger partial charge in [-0.3, -0.25) is 4.90 Å². The van der Waals surface area contributed by atoms with E-state index in [1.54, 1.807) is 0 Å². The summed E-state index contributed by atoms with van der Waals surface area (Å²) in [5, 5.41) is 3.81. The van der Waals surface area contributed by atoms with E-state index in [4.69, 9.17) is 5.53 Å². The summed E-state index contributed by atoms with van der Waals surface area (Å²) in [4.78, 5) is 5.12. The molecule has 1 heterocycles. The summed E-state index contributed by atoms with van der Waals surface area (Å²) >= 11 is 0. The van der Waals surface area contributed by atoms with Crippen LogP contribution in [0.3, 0.4) is 0 Å². The number of azide groups is 1. The second-order valence-corrected chi connectivity index (χ2v) is 3.78. The minimum absolute atomic E-state index is 0.0511. The lowest BCUT2D eigenvalue weighted by Crippen LogP contribution is -2.26. The molecule has 1 atom stereocenters. The minimum Gasteiger partial charge on any atom is -0.291 e. The van der Waals surface area contributed by atoms with Crippen LogP contribution in [0.2, 0.25) is 0 Å². The van der Waals surface area contributed by atoms with Gasteiger partial charge in [-0.05, 0) is 30.5 Å². The average Bonchev–Trinajstić information content (AvgIpc) is 2.68. The van der Waals surface area contributed by atoms with Crippen molar-refractivity contribution < 1.29 is 0 Å². The Balaban J connectivity index is 2.02. The van der Waals surface area contributed by atoms with Crippen molar-refractivity contribution in [2.24, 2.45) is 5.11 Å². The Morgan fingerprint density at radius 2 is 2.20 bits per heavy atom. The Bertz CT molecular complexity index is 356. The topological polar surface area (TPSA) is 52.0 Å². The highest BCUT2D eigenvalue weighted by molar-refractivity contribution is 5.14. The lowest BCUT2D eigenvalue weighted by molar-refractivity contribution is 0.250. The molecule has 0 amide bonds. The van der Waals surface area contributed by atoms with Crippen LogP contribution in [0.1, 0.15) is 18.4 Å². The third kappa shape index (κ3) is 2.49. The second kappa shape index (κ2) is 4.82. The molecular weight excluding hydrogens is 188 g/mol. The molecule has 0 aromatic heterocycles. The van der Waals surface area contributed by atoms with Crippen molar-refractivity contribution in [3.8, 4) is 0 Å². The monoisotopic (exact) mass is 202 g/mol. The van der Waals surface area contributed by atoms with Gasteiger partial charge in [0.25, 0.3) is 0 Å². The predicted molar refractivity (Wildman–Crippen MR) is 59.0 cm³/mol. The Labute approximate surface area is 89.1 Å². The minimum atomic E-state index is 0.0511. The quantitative estimate of drug-likeness (QED) is 0.422. The average molecular weight is 202 g/mol. The van der Waals surface area contributed by atoms with Crippen LogP contribution in [-0.2, 0) is 6.54 Å². The van der Waals surface area contributed by atoms with E-state index in [1.807, 2.05) is 18.2 Å². The van der Waals surface area contributed by atoms with Crippen LogP contribution in [0.4, 0.5) is 0 Å². The van der Waals surface area contributed by atoms with Crippen molar-refractivity contribution in [1.82, 2.24) is 4.90 Å². The summed E-state index contributed by atoms with van der Waals surface area (Å²) in [7, 11) is 0. The lowest BCUT2D eigenvalue weighted by atomic mass is 10.2. The van der Waals surface area contributed by atoms with E-state index in [2.05, 4.69) is 27.1 Å². The van der Waals surface area contributed by atoms with Crippen LogP contribution < -0.4 is 0 Å². The van der Waals surface area contributed by atoms with E-state index >= 15 is 0 Å². The molecule has 4 heteroatoms. The Morgan fingerprint density at radius 1 is 1.40 bits per heavy atom. The summed E-state index contributed by atoms with van der Waals surface area (Å²) in [6, 6.07) is 10.3. The number of likely N-dealkylation sites (tertiary alicyclic amines) is 1. The molecule has 0 radical (unpaired) electrons. The SMILES string of the molecule is [N-]=[N+]=N[C@H]1CCCN1Cc1ccccc1. The van der Waals surface area contributed by atoms with Gasteiger partial charge in [0.05, 0.1) is 6.17 Å². The van der Waals surface area contributed by atoms with E-state index in [1.165, 1.54) is 5.56 Å². The zero-order valence-electron chi connectivity index (χ0n) is 8.58. The molecule has 0 aliphatic carbocycles. The molecule has 15 heavy (non-hydrogen) atoms. The molecule has 1 fully saturated rings. The molecule has 2 rings (SSSR count). The smallest absolute Gasteiger partial charge is 0.0890 e. The van der Waals surface area contributed by atoms with Gasteiger partial charge >= 0.3 is 0 Å². The van der Waals surface area contributed by atoms with Gasteiger partial charge in [0.2, 0.25) is 0 Å². The first-order valence-electron chi connectivity index (χ1n) is 5.22. The van der Waals surface area contributed by atoms with Crippen molar-refractivity contribution in [2.45, 2.75) is 25.6 Å². The van der Waals surface area contributed by atoms with Crippen LogP contribution in [0, 0.1) is 0 Å². The summed E-state index contributed by atoms with van der Waals surface area (Å²) in [6.07, 6.45) is 2.16. The van der Waals surface area contributed by atoms with Crippen LogP contribution in [0.25, 0.3) is 10.4 Å². The molecule has 0 spiro atoms. The third-order valence-electron chi connectivity index (χ3n) is 2.74. The normalized spacial score (nSPS) is 21.2. The van der Waals surface area contributed by atoms with Gasteiger partial charge in [-0.15, -0.1) is 0 Å². The summed E-state index contributed by atoms with van der Waals surface area (Å²) in [5.41, 5.74) is 9.72. The van der Waals surface area contributed by atoms with Crippen molar-refractivity contribution in [2.75, 3.05) is 6.54 Å². The molecule has 78 valence electrons. The van der Waals surface area contributed by atoms with Crippen molar-refractivity contribution in [3.63, 3.8) is 0 Å². The molecule has 0 N–H and O–H groups in total. The van der Waals surface area contributed by atoms with E-state index < -0.39 is 0 Å². The summed E-state index contributed by atoms with van der Waals surface area (Å²) in [6.45, 7) is 1.91. The molecule has 4 nitrogen and oxygen atoms in total.